The van der Waals surface area contributed by atoms with Crippen molar-refractivity contribution >= 4 is 102 Å². The molecule has 13 rings (SSSR count). The topological polar surface area (TPSA) is 31.8 Å². The van der Waals surface area contributed by atoms with Crippen LogP contribution >= 0.6 is 0 Å². The molecule has 13 aromatic rings. The lowest BCUT2D eigenvalue weighted by molar-refractivity contribution is 1.15. The number of benzene rings is 13. The van der Waals surface area contributed by atoms with Gasteiger partial charge in [-0.3, -0.25) is 0 Å². The Morgan fingerprint density at radius 2 is 0.420 bits per heavy atom. The highest BCUT2D eigenvalue weighted by Crippen LogP contribution is 2.44. The van der Waals surface area contributed by atoms with E-state index >= 15 is 0 Å². The van der Waals surface area contributed by atoms with E-state index < -0.39 is 0 Å². The van der Waals surface area contributed by atoms with Gasteiger partial charge in [0.25, 0.3) is 0 Å². The zero-order chi connectivity index (χ0) is 68.2. The van der Waals surface area contributed by atoms with E-state index in [1.54, 1.807) is 12.2 Å². The summed E-state index contributed by atoms with van der Waals surface area (Å²) in [7, 11) is 0. The lowest BCUT2D eigenvalue weighted by Crippen LogP contribution is -2.16. The average Bonchev–Trinajstić information content (AvgIpc) is 0.789. The van der Waals surface area contributed by atoms with Gasteiger partial charge in [0.15, 0.2) is 0 Å². The Kier molecular flexibility index (Phi) is 20.9. The second-order valence-electron chi connectivity index (χ2n) is 23.8. The minimum Gasteiger partial charge on any atom is -0.315 e. The van der Waals surface area contributed by atoms with Gasteiger partial charge in [-0.25, -0.2) is 4.99 Å². The van der Waals surface area contributed by atoms with Gasteiger partial charge in [0, 0.05) is 114 Å². The van der Waals surface area contributed by atoms with Crippen molar-refractivity contribution in [2.45, 2.75) is 13.8 Å². The minimum atomic E-state index is 0.841. The number of para-hydroxylation sites is 7. The molecule has 0 aliphatic carbocycles. The van der Waals surface area contributed by atoms with Crippen LogP contribution in [-0.2, 0) is 0 Å². The summed E-state index contributed by atoms with van der Waals surface area (Å²) in [6.07, 6.45) is 15.8. The van der Waals surface area contributed by atoms with Crippen molar-refractivity contribution < 1.29 is 0 Å². The molecular formula is C93H77N7. The van der Waals surface area contributed by atoms with Gasteiger partial charge in [0.1, 0.15) is 0 Å². The van der Waals surface area contributed by atoms with Gasteiger partial charge in [0.05, 0.1) is 11.4 Å². The maximum absolute atomic E-state index is 5.45. The Morgan fingerprint density at radius 1 is 0.230 bits per heavy atom. The summed E-state index contributed by atoms with van der Waals surface area (Å²) in [6.45, 7) is 12.1. The van der Waals surface area contributed by atoms with Crippen molar-refractivity contribution in [2.75, 3.05) is 29.4 Å². The smallest absolute Gasteiger partial charge is 0.0781 e. The fraction of sp³-hybridized carbons (Fsp3) is 0.0215. The first-order valence-electron chi connectivity index (χ1n) is 33.7. The van der Waals surface area contributed by atoms with Crippen LogP contribution in [0.25, 0.3) is 0 Å². The summed E-state index contributed by atoms with van der Waals surface area (Å²) < 4.78 is 0. The van der Waals surface area contributed by atoms with Gasteiger partial charge < -0.3 is 29.4 Å². The Balaban J connectivity index is 0.887. The summed E-state index contributed by atoms with van der Waals surface area (Å²) >= 11 is 0. The van der Waals surface area contributed by atoms with Crippen LogP contribution in [0.15, 0.2) is 436 Å². The number of anilines is 16. The third-order valence-electron chi connectivity index (χ3n) is 17.2. The highest BCUT2D eigenvalue weighted by Gasteiger charge is 2.22. The molecule has 7 nitrogen and oxygen atoms in total. The molecule has 0 aliphatic rings. The highest BCUT2D eigenvalue weighted by molar-refractivity contribution is 6.14. The van der Waals surface area contributed by atoms with Crippen LogP contribution in [0.5, 0.6) is 0 Å². The number of allylic oxidation sites excluding steroid dienone is 10. The van der Waals surface area contributed by atoms with Crippen molar-refractivity contribution in [3.8, 4) is 0 Å². The molecule has 0 N–H and O–H groups in total. The normalized spacial score (nSPS) is 11.7. The fourth-order valence-corrected chi connectivity index (χ4v) is 12.5. The van der Waals surface area contributed by atoms with Crippen molar-refractivity contribution in [2.24, 2.45) is 4.99 Å². The van der Waals surface area contributed by atoms with Crippen molar-refractivity contribution in [1.29, 1.82) is 0 Å². The molecule has 0 atom stereocenters. The van der Waals surface area contributed by atoms with E-state index in [2.05, 4.69) is 408 Å². The molecule has 0 aliphatic heterocycles. The number of aliphatic imine (C=N–C) groups is 1. The maximum atomic E-state index is 5.45. The van der Waals surface area contributed by atoms with Crippen LogP contribution in [0.2, 0.25) is 0 Å². The molecule has 484 valence electrons. The van der Waals surface area contributed by atoms with Crippen LogP contribution < -0.4 is 29.4 Å². The molecular weight excluding hydrogens is 1220 g/mol. The second-order valence-corrected chi connectivity index (χ2v) is 23.8. The molecule has 0 saturated heterocycles. The standard InChI is InChI=1S/C93H77N7/c1-5-7-16-32-72(3)95(77-36-20-10-21-37-77)83-56-60-89(61-57-83)99(90-62-58-84(59-63-90)96(73(4)33-17-8-6-2)78-38-22-11-23-39-78)85-52-48-74(49-53-85)93(94-76-34-18-9-19-35-76)75-50-54-86(55-51-75)100(91-68-64-87(65-69-91)97(79-40-24-12-25-41-79)80-42-26-13-27-43-80)92-70-66-88(67-71-92)98(81-44-28-14-29-45-81)82-46-30-15-31-47-82/h5-71H,1-2H2,3-4H3/b16-7-,17-8-,72-32+,73-33+,94-93+. The van der Waals surface area contributed by atoms with Gasteiger partial charge >= 0.3 is 0 Å². The van der Waals surface area contributed by atoms with Gasteiger partial charge in [-0.2, -0.15) is 0 Å². The van der Waals surface area contributed by atoms with Gasteiger partial charge in [-0.1, -0.05) is 201 Å². The van der Waals surface area contributed by atoms with Crippen LogP contribution in [0.1, 0.15) is 25.0 Å². The number of rotatable bonds is 25. The molecule has 0 saturated carbocycles. The zero-order valence-corrected chi connectivity index (χ0v) is 56.2. The monoisotopic (exact) mass is 1290 g/mol. The van der Waals surface area contributed by atoms with Gasteiger partial charge in [-0.15, -0.1) is 0 Å². The molecule has 0 fully saturated rings. The first kappa shape index (κ1) is 65.4. The molecule has 0 aromatic heterocycles. The Morgan fingerprint density at radius 3 is 0.660 bits per heavy atom. The molecule has 0 unspecified atom stereocenters. The van der Waals surface area contributed by atoms with E-state index in [1.807, 2.05) is 42.5 Å². The lowest BCUT2D eigenvalue weighted by atomic mass is 10.0. The van der Waals surface area contributed by atoms with E-state index in [0.29, 0.717) is 0 Å². The third-order valence-corrected chi connectivity index (χ3v) is 17.2. The second kappa shape index (κ2) is 32.0. The zero-order valence-electron chi connectivity index (χ0n) is 56.2. The summed E-state index contributed by atoms with van der Waals surface area (Å²) in [5.41, 5.74) is 22.3. The average molecular weight is 1290 g/mol. The van der Waals surface area contributed by atoms with E-state index in [0.717, 1.165) is 125 Å². The summed E-state index contributed by atoms with van der Waals surface area (Å²) in [4.78, 5) is 19.2. The Hall–Kier alpha value is -13.2. The van der Waals surface area contributed by atoms with E-state index in [-0.39, 0.29) is 0 Å². The van der Waals surface area contributed by atoms with Crippen LogP contribution in [-0.4, -0.2) is 5.71 Å². The van der Waals surface area contributed by atoms with Crippen molar-refractivity contribution in [3.63, 3.8) is 0 Å². The third kappa shape index (κ3) is 15.4. The van der Waals surface area contributed by atoms with Crippen LogP contribution in [0.4, 0.5) is 96.7 Å². The Labute approximate surface area is 589 Å². The predicted octanol–water partition coefficient (Wildman–Crippen LogP) is 26.3. The van der Waals surface area contributed by atoms with Gasteiger partial charge in [0.2, 0.25) is 0 Å². The first-order chi connectivity index (χ1) is 49.4. The van der Waals surface area contributed by atoms with E-state index in [1.165, 1.54) is 0 Å². The number of hydrogen-bond donors (Lipinski definition) is 0. The predicted molar refractivity (Wildman–Crippen MR) is 427 cm³/mol. The van der Waals surface area contributed by atoms with Gasteiger partial charge in [-0.05, 0) is 232 Å². The quantitative estimate of drug-likeness (QED) is 0.0419. The molecule has 0 spiro atoms. The number of hydrogen-bond acceptors (Lipinski definition) is 7. The molecule has 7 heteroatoms. The number of nitrogens with zero attached hydrogens (tertiary/aromatic N) is 7. The van der Waals surface area contributed by atoms with E-state index in [4.69, 9.17) is 4.99 Å². The summed E-state index contributed by atoms with van der Waals surface area (Å²) in [6, 6.07) is 126. The fourth-order valence-electron chi connectivity index (χ4n) is 12.5. The van der Waals surface area contributed by atoms with Crippen molar-refractivity contribution in [1.82, 2.24) is 0 Å². The van der Waals surface area contributed by atoms with Crippen LogP contribution in [0.3, 0.4) is 0 Å². The maximum Gasteiger partial charge on any atom is 0.0781 e. The lowest BCUT2D eigenvalue weighted by Gasteiger charge is -2.30. The van der Waals surface area contributed by atoms with E-state index in [9.17, 15) is 0 Å². The molecule has 0 heterocycles. The SMILES string of the molecule is C=C/C=C\C=C(/C)N(c1ccccc1)c1ccc(N(c2ccc(/C(=N\c3ccccc3)c3ccc(N(c4ccc(N(c5ccccc5)c5ccccc5)cc4)c4ccc(N(c5ccccc5)c5ccccc5)cc4)cc3)cc2)c2ccc(N(/C(C)=C/C=C\C=C)c3ccccc3)cc2)cc1. The van der Waals surface area contributed by atoms with Crippen molar-refractivity contribution in [3.05, 3.63) is 442 Å². The minimum absolute atomic E-state index is 0.841. The molecule has 100 heavy (non-hydrogen) atoms. The Bertz CT molecular complexity index is 4600. The van der Waals surface area contributed by atoms with Crippen LogP contribution in [0, 0.1) is 0 Å². The first-order valence-corrected chi connectivity index (χ1v) is 33.7. The molecule has 0 amide bonds. The largest absolute Gasteiger partial charge is 0.315 e. The summed E-state index contributed by atoms with van der Waals surface area (Å²) in [5, 5.41) is 0. The molecule has 0 bridgehead atoms. The molecule has 13 aromatic carbocycles. The highest BCUT2D eigenvalue weighted by atomic mass is 15.2. The molecule has 0 radical (unpaired) electrons. The summed E-state index contributed by atoms with van der Waals surface area (Å²) in [5.74, 6) is 0.